The van der Waals surface area contributed by atoms with E-state index in [2.05, 4.69) is 10.00 Å². The molecule has 3 heterocycles. The lowest BCUT2D eigenvalue weighted by atomic mass is 10.00. The minimum absolute atomic E-state index is 0.220. The number of fused-ring (bicyclic) bond motifs is 1. The largest absolute Gasteiger partial charge is 0.376 e. The maximum atomic E-state index is 14.5. The van der Waals surface area contributed by atoms with Gasteiger partial charge in [0.25, 0.3) is 0 Å². The van der Waals surface area contributed by atoms with E-state index in [1.807, 2.05) is 22.9 Å². The lowest BCUT2D eigenvalue weighted by Crippen LogP contribution is -2.36. The van der Waals surface area contributed by atoms with Crippen LogP contribution in [0.15, 0.2) is 36.5 Å². The van der Waals surface area contributed by atoms with Crippen LogP contribution in [-0.2, 0) is 17.8 Å². The summed E-state index contributed by atoms with van der Waals surface area (Å²) in [5.74, 6) is -1.59. The molecule has 0 saturated carbocycles. The molecule has 27 heavy (non-hydrogen) atoms. The van der Waals surface area contributed by atoms with Gasteiger partial charge in [0.1, 0.15) is 0 Å². The third kappa shape index (κ3) is 3.13. The zero-order chi connectivity index (χ0) is 18.4. The van der Waals surface area contributed by atoms with E-state index in [-0.39, 0.29) is 6.10 Å². The maximum absolute atomic E-state index is 14.5. The van der Waals surface area contributed by atoms with Crippen LogP contribution in [0.1, 0.15) is 18.4 Å². The third-order valence-electron chi connectivity index (χ3n) is 5.57. The lowest BCUT2D eigenvalue weighted by molar-refractivity contribution is -0.0602. The SMILES string of the molecule is Fc1cc(CN2CCC2)cc(-c2ccc3c(cnn3CC3CCO3)c2)c1F. The van der Waals surface area contributed by atoms with Crippen LogP contribution in [0, 0.1) is 11.6 Å². The van der Waals surface area contributed by atoms with E-state index in [1.165, 1.54) is 12.5 Å². The molecule has 4 nitrogen and oxygen atoms in total. The Labute approximate surface area is 156 Å². The Morgan fingerprint density at radius 2 is 2.00 bits per heavy atom. The Bertz CT molecular complexity index is 993. The smallest absolute Gasteiger partial charge is 0.166 e. The highest BCUT2D eigenvalue weighted by Gasteiger charge is 2.21. The normalized spacial score (nSPS) is 19.9. The topological polar surface area (TPSA) is 30.3 Å². The maximum Gasteiger partial charge on any atom is 0.166 e. The van der Waals surface area contributed by atoms with Gasteiger partial charge in [-0.25, -0.2) is 8.78 Å². The van der Waals surface area contributed by atoms with E-state index in [1.54, 1.807) is 12.3 Å². The number of hydrogen-bond acceptors (Lipinski definition) is 3. The van der Waals surface area contributed by atoms with Gasteiger partial charge in [-0.05, 0) is 61.3 Å². The highest BCUT2D eigenvalue weighted by atomic mass is 19.2. The first-order valence-electron chi connectivity index (χ1n) is 9.45. The van der Waals surface area contributed by atoms with Gasteiger partial charge in [0.05, 0.1) is 24.4 Å². The molecule has 1 atom stereocenters. The molecule has 140 valence electrons. The van der Waals surface area contributed by atoms with Crippen molar-refractivity contribution in [2.45, 2.75) is 32.0 Å². The van der Waals surface area contributed by atoms with Gasteiger partial charge in [0.2, 0.25) is 0 Å². The molecule has 0 bridgehead atoms. The highest BCUT2D eigenvalue weighted by molar-refractivity contribution is 5.84. The van der Waals surface area contributed by atoms with Crippen molar-refractivity contribution >= 4 is 10.9 Å². The number of nitrogens with zero attached hydrogens (tertiary/aromatic N) is 3. The molecule has 2 aliphatic heterocycles. The predicted octanol–water partition coefficient (Wildman–Crippen LogP) is 3.98. The average molecular weight is 369 g/mol. The van der Waals surface area contributed by atoms with Crippen molar-refractivity contribution in [3.63, 3.8) is 0 Å². The van der Waals surface area contributed by atoms with Gasteiger partial charge in [0.15, 0.2) is 11.6 Å². The minimum Gasteiger partial charge on any atom is -0.376 e. The van der Waals surface area contributed by atoms with Gasteiger partial charge < -0.3 is 4.74 Å². The number of ether oxygens (including phenoxy) is 1. The van der Waals surface area contributed by atoms with Crippen molar-refractivity contribution < 1.29 is 13.5 Å². The molecular formula is C21H21F2N3O. The second-order valence-corrected chi connectivity index (χ2v) is 7.45. The first-order chi connectivity index (χ1) is 13.2. The summed E-state index contributed by atoms with van der Waals surface area (Å²) >= 11 is 0. The van der Waals surface area contributed by atoms with Gasteiger partial charge >= 0.3 is 0 Å². The Kier molecular flexibility index (Phi) is 4.17. The number of benzene rings is 2. The van der Waals surface area contributed by atoms with Crippen molar-refractivity contribution in [3.8, 4) is 11.1 Å². The van der Waals surface area contributed by atoms with Crippen LogP contribution < -0.4 is 0 Å². The molecule has 0 N–H and O–H groups in total. The van der Waals surface area contributed by atoms with Gasteiger partial charge in [-0.2, -0.15) is 5.10 Å². The van der Waals surface area contributed by atoms with E-state index >= 15 is 0 Å². The minimum atomic E-state index is -0.794. The predicted molar refractivity (Wildman–Crippen MR) is 99.3 cm³/mol. The molecule has 5 rings (SSSR count). The molecular weight excluding hydrogens is 348 g/mol. The van der Waals surface area contributed by atoms with E-state index in [0.717, 1.165) is 49.1 Å². The number of rotatable bonds is 5. The Morgan fingerprint density at radius 1 is 1.15 bits per heavy atom. The van der Waals surface area contributed by atoms with Crippen molar-refractivity contribution in [3.05, 3.63) is 53.7 Å². The standard InChI is InChI=1S/C21H21F2N3O/c22-19-9-14(12-25-5-1-6-25)8-18(21(19)23)15-2-3-20-16(10-15)11-24-26(20)13-17-4-7-27-17/h2-3,8-11,17H,1,4-7,12-13H2. The summed E-state index contributed by atoms with van der Waals surface area (Å²) in [6.45, 7) is 4.23. The van der Waals surface area contributed by atoms with Crippen LogP contribution in [0.2, 0.25) is 0 Å². The van der Waals surface area contributed by atoms with Gasteiger partial charge in [-0.1, -0.05) is 6.07 Å². The summed E-state index contributed by atoms with van der Waals surface area (Å²) in [5, 5.41) is 5.35. The molecule has 6 heteroatoms. The van der Waals surface area contributed by atoms with Crippen molar-refractivity contribution in [1.29, 1.82) is 0 Å². The van der Waals surface area contributed by atoms with Crippen molar-refractivity contribution in [2.75, 3.05) is 19.7 Å². The summed E-state index contributed by atoms with van der Waals surface area (Å²) in [4.78, 5) is 2.23. The van der Waals surface area contributed by atoms with Crippen LogP contribution in [-0.4, -0.2) is 40.5 Å². The highest BCUT2D eigenvalue weighted by Crippen LogP contribution is 2.30. The fraction of sp³-hybridized carbons (Fsp3) is 0.381. The van der Waals surface area contributed by atoms with Crippen LogP contribution in [0.25, 0.3) is 22.0 Å². The average Bonchev–Trinajstić information content (AvgIpc) is 2.99. The van der Waals surface area contributed by atoms with Gasteiger partial charge in [0, 0.05) is 24.1 Å². The molecule has 1 unspecified atom stereocenters. The van der Waals surface area contributed by atoms with Crippen LogP contribution >= 0.6 is 0 Å². The number of hydrogen-bond donors (Lipinski definition) is 0. The molecule has 2 fully saturated rings. The fourth-order valence-corrected chi connectivity index (χ4v) is 3.77. The molecule has 2 aromatic carbocycles. The molecule has 0 aliphatic carbocycles. The molecule has 2 saturated heterocycles. The van der Waals surface area contributed by atoms with Crippen molar-refractivity contribution in [2.24, 2.45) is 0 Å². The molecule has 0 amide bonds. The number of halogens is 2. The van der Waals surface area contributed by atoms with Crippen LogP contribution in [0.4, 0.5) is 8.78 Å². The molecule has 1 aromatic heterocycles. The van der Waals surface area contributed by atoms with Crippen LogP contribution in [0.3, 0.4) is 0 Å². The molecule has 0 spiro atoms. The van der Waals surface area contributed by atoms with E-state index in [4.69, 9.17) is 4.74 Å². The molecule has 2 aliphatic rings. The monoisotopic (exact) mass is 369 g/mol. The summed E-state index contributed by atoms with van der Waals surface area (Å²) < 4.78 is 36.1. The summed E-state index contributed by atoms with van der Waals surface area (Å²) in [7, 11) is 0. The zero-order valence-electron chi connectivity index (χ0n) is 15.0. The van der Waals surface area contributed by atoms with E-state index < -0.39 is 11.6 Å². The Hall–Kier alpha value is -2.31. The summed E-state index contributed by atoms with van der Waals surface area (Å²) in [6.07, 6.45) is 4.21. The fourth-order valence-electron chi connectivity index (χ4n) is 3.77. The molecule has 3 aromatic rings. The Morgan fingerprint density at radius 3 is 2.70 bits per heavy atom. The first-order valence-corrected chi connectivity index (χ1v) is 9.45. The summed E-state index contributed by atoms with van der Waals surface area (Å²) in [5.41, 5.74) is 2.76. The second-order valence-electron chi connectivity index (χ2n) is 7.45. The third-order valence-corrected chi connectivity index (χ3v) is 5.57. The van der Waals surface area contributed by atoms with Gasteiger partial charge in [-0.3, -0.25) is 9.58 Å². The van der Waals surface area contributed by atoms with E-state index in [9.17, 15) is 8.78 Å². The van der Waals surface area contributed by atoms with Crippen LogP contribution in [0.5, 0.6) is 0 Å². The summed E-state index contributed by atoms with van der Waals surface area (Å²) in [6, 6.07) is 8.73. The van der Waals surface area contributed by atoms with Crippen molar-refractivity contribution in [1.82, 2.24) is 14.7 Å². The zero-order valence-corrected chi connectivity index (χ0v) is 15.0. The quantitative estimate of drug-likeness (QED) is 0.682. The number of aromatic nitrogens is 2. The molecule has 0 radical (unpaired) electrons. The van der Waals surface area contributed by atoms with Gasteiger partial charge in [-0.15, -0.1) is 0 Å². The van der Waals surface area contributed by atoms with E-state index in [0.29, 0.717) is 17.7 Å². The first kappa shape index (κ1) is 16.8. The Balaban J connectivity index is 1.48. The lowest BCUT2D eigenvalue weighted by Gasteiger charge is -2.30. The second kappa shape index (κ2) is 6.69. The number of likely N-dealkylation sites (tertiary alicyclic amines) is 1.